The number of benzene rings is 1. The van der Waals surface area contributed by atoms with Crippen LogP contribution in [0.4, 0.5) is 0 Å². The Morgan fingerprint density at radius 1 is 1.09 bits per heavy atom. The largest absolute Gasteiger partial charge is 0.473 e. The fraction of sp³-hybridized carbons (Fsp3) is 0.308. The molecule has 3 heterocycles. The molecule has 4 nitrogen and oxygen atoms in total. The van der Waals surface area contributed by atoms with Gasteiger partial charge in [-0.2, -0.15) is 0 Å². The molecule has 0 N–H and O–H groups in total. The van der Waals surface area contributed by atoms with Crippen molar-refractivity contribution >= 4 is 49.4 Å². The lowest BCUT2D eigenvalue weighted by Gasteiger charge is -2.37. The topological polar surface area (TPSA) is 42.4 Å². The summed E-state index contributed by atoms with van der Waals surface area (Å²) >= 11 is 13.8. The lowest BCUT2D eigenvalue weighted by atomic mass is 9.76. The summed E-state index contributed by atoms with van der Waals surface area (Å²) < 4.78 is 7.11. The van der Waals surface area contributed by atoms with Crippen LogP contribution in [0.1, 0.15) is 41.1 Å². The van der Waals surface area contributed by atoms with Gasteiger partial charge in [-0.3, -0.25) is 9.78 Å². The van der Waals surface area contributed by atoms with E-state index in [1.807, 2.05) is 17.2 Å². The number of carbonyl (C=O) groups is 1. The predicted molar refractivity (Wildman–Crippen MR) is 137 cm³/mol. The van der Waals surface area contributed by atoms with Crippen LogP contribution in [0.25, 0.3) is 0 Å². The van der Waals surface area contributed by atoms with Gasteiger partial charge in [0.15, 0.2) is 0 Å². The first kappa shape index (κ1) is 22.9. The highest BCUT2D eigenvalue weighted by Crippen LogP contribution is 2.46. The van der Waals surface area contributed by atoms with Crippen molar-refractivity contribution in [2.24, 2.45) is 5.92 Å². The van der Waals surface area contributed by atoms with Crippen LogP contribution in [-0.2, 0) is 22.4 Å². The first-order valence-corrected chi connectivity index (χ1v) is 13.1. The van der Waals surface area contributed by atoms with E-state index < -0.39 is 0 Å². The molecule has 3 aliphatic rings. The summed E-state index contributed by atoms with van der Waals surface area (Å²) in [6.45, 7) is 1.47. The molecule has 1 aliphatic carbocycles. The molecule has 2 aromatic rings. The molecular weight excluding hydrogens is 568 g/mol. The molecule has 0 unspecified atom stereocenters. The first-order chi connectivity index (χ1) is 16.0. The lowest BCUT2D eigenvalue weighted by Crippen LogP contribution is -2.39. The Hall–Kier alpha value is -1.89. The Labute approximate surface area is 215 Å². The molecule has 1 amide bonds. The molecule has 1 aromatic carbocycles. The van der Waals surface area contributed by atoms with Gasteiger partial charge in [0.2, 0.25) is 5.91 Å². The number of amides is 1. The summed E-state index contributed by atoms with van der Waals surface area (Å²) in [4.78, 5) is 19.7. The average molecular weight is 591 g/mol. The van der Waals surface area contributed by atoms with Crippen molar-refractivity contribution in [1.29, 1.82) is 0 Å². The number of likely N-dealkylation sites (tertiary alicyclic amines) is 1. The van der Waals surface area contributed by atoms with Gasteiger partial charge in [-0.1, -0.05) is 27.5 Å². The molecule has 7 heteroatoms. The van der Waals surface area contributed by atoms with E-state index in [9.17, 15) is 4.79 Å². The van der Waals surface area contributed by atoms with Crippen molar-refractivity contribution < 1.29 is 9.53 Å². The number of halogens is 3. The molecule has 0 radical (unpaired) electrons. The Morgan fingerprint density at radius 2 is 1.82 bits per heavy atom. The number of fused-ring (bicyclic) bond motifs is 2. The Balaban J connectivity index is 1.43. The van der Waals surface area contributed by atoms with Crippen LogP contribution in [-0.4, -0.2) is 28.9 Å². The van der Waals surface area contributed by atoms with Crippen LogP contribution in [0, 0.1) is 5.92 Å². The van der Waals surface area contributed by atoms with Crippen molar-refractivity contribution in [1.82, 2.24) is 9.88 Å². The average Bonchev–Trinajstić information content (AvgIpc) is 2.96. The van der Waals surface area contributed by atoms with Crippen molar-refractivity contribution in [2.45, 2.75) is 31.6 Å². The van der Waals surface area contributed by atoms with E-state index in [1.165, 1.54) is 16.7 Å². The highest BCUT2D eigenvalue weighted by Gasteiger charge is 2.36. The van der Waals surface area contributed by atoms with Crippen LogP contribution >= 0.6 is 43.5 Å². The summed E-state index contributed by atoms with van der Waals surface area (Å²) in [5.74, 6) is 0.622. The lowest BCUT2D eigenvalue weighted by molar-refractivity contribution is -0.127. The molecule has 1 saturated heterocycles. The SMILES string of the molecule is O=C(C=C1C=COC=C1)N1CCC([C@H]2c3ncc(Br)cc3CCc3cc(Cl)cc(Br)c32)CC1. The quantitative estimate of drug-likeness (QED) is 0.365. The summed E-state index contributed by atoms with van der Waals surface area (Å²) in [7, 11) is 0. The van der Waals surface area contributed by atoms with E-state index in [0.29, 0.717) is 5.92 Å². The molecular formula is C26H23Br2ClN2O2. The number of rotatable bonds is 2. The van der Waals surface area contributed by atoms with Gasteiger partial charge in [0.1, 0.15) is 0 Å². The highest BCUT2D eigenvalue weighted by atomic mass is 79.9. The van der Waals surface area contributed by atoms with Gasteiger partial charge in [-0.25, -0.2) is 0 Å². The predicted octanol–water partition coefficient (Wildman–Crippen LogP) is 6.71. The van der Waals surface area contributed by atoms with Gasteiger partial charge in [0.05, 0.1) is 18.2 Å². The first-order valence-electron chi connectivity index (χ1n) is 11.1. The van der Waals surface area contributed by atoms with E-state index in [0.717, 1.165) is 64.0 Å². The number of carbonyl (C=O) groups excluding carboxylic acids is 1. The Morgan fingerprint density at radius 3 is 2.58 bits per heavy atom. The number of ether oxygens (including phenoxy) is 1. The van der Waals surface area contributed by atoms with Gasteiger partial charge < -0.3 is 9.64 Å². The normalized spacial score (nSPS) is 20.0. The molecule has 1 fully saturated rings. The van der Waals surface area contributed by atoms with Crippen LogP contribution in [0.15, 0.2) is 69.7 Å². The zero-order valence-corrected chi connectivity index (χ0v) is 21.9. The Kier molecular flexibility index (Phi) is 6.77. The molecule has 170 valence electrons. The maximum absolute atomic E-state index is 12.8. The molecule has 5 rings (SSSR count). The zero-order chi connectivity index (χ0) is 22.9. The molecule has 0 spiro atoms. The van der Waals surface area contributed by atoms with Crippen molar-refractivity contribution in [3.05, 3.63) is 97.1 Å². The fourth-order valence-electron chi connectivity index (χ4n) is 5.15. The summed E-state index contributed by atoms with van der Waals surface area (Å²) in [6.07, 6.45) is 14.1. The third-order valence-corrected chi connectivity index (χ3v) is 8.02. The number of piperidine rings is 1. The van der Waals surface area contributed by atoms with Crippen LogP contribution in [0.5, 0.6) is 0 Å². The summed E-state index contributed by atoms with van der Waals surface area (Å²) in [5, 5.41) is 0.754. The number of pyridine rings is 1. The second-order valence-corrected chi connectivity index (χ2v) is 10.9. The molecule has 0 bridgehead atoms. The smallest absolute Gasteiger partial charge is 0.247 e. The second kappa shape index (κ2) is 9.77. The number of nitrogens with zero attached hydrogens (tertiary/aromatic N) is 2. The monoisotopic (exact) mass is 588 g/mol. The minimum Gasteiger partial charge on any atom is -0.473 e. The van der Waals surface area contributed by atoms with E-state index in [-0.39, 0.29) is 11.8 Å². The molecule has 2 aliphatic heterocycles. The van der Waals surface area contributed by atoms with Gasteiger partial charge >= 0.3 is 0 Å². The number of aryl methyl sites for hydroxylation is 2. The fourth-order valence-corrected chi connectivity index (χ4v) is 6.65. The molecule has 1 aromatic heterocycles. The zero-order valence-electron chi connectivity index (χ0n) is 17.9. The third-order valence-electron chi connectivity index (χ3n) is 6.71. The number of hydrogen-bond acceptors (Lipinski definition) is 3. The van der Waals surface area contributed by atoms with Gasteiger partial charge in [0, 0.05) is 45.2 Å². The standard InChI is InChI=1S/C26H23Br2ClN2O2/c27-20-12-19-2-1-18-13-21(29)14-22(28)24(18)25(26(19)30-15-20)17-3-7-31(8-4-17)23(32)11-16-5-9-33-10-6-16/h5-6,9-15,17,25H,1-4,7-8H2/t25-/m1/s1. The van der Waals surface area contributed by atoms with Crippen LogP contribution < -0.4 is 0 Å². The van der Waals surface area contributed by atoms with Crippen molar-refractivity contribution in [3.63, 3.8) is 0 Å². The van der Waals surface area contributed by atoms with E-state index in [4.69, 9.17) is 21.3 Å². The van der Waals surface area contributed by atoms with E-state index in [2.05, 4.69) is 44.0 Å². The van der Waals surface area contributed by atoms with Gasteiger partial charge in [-0.05, 0) is 100 Å². The second-order valence-electron chi connectivity index (χ2n) is 8.68. The van der Waals surface area contributed by atoms with E-state index in [1.54, 1.807) is 30.8 Å². The summed E-state index contributed by atoms with van der Waals surface area (Å²) in [5.41, 5.74) is 5.89. The molecule has 33 heavy (non-hydrogen) atoms. The Bertz CT molecular complexity index is 1170. The minimum absolute atomic E-state index is 0.0522. The van der Waals surface area contributed by atoms with Crippen molar-refractivity contribution in [2.75, 3.05) is 13.1 Å². The van der Waals surface area contributed by atoms with E-state index >= 15 is 0 Å². The maximum atomic E-state index is 12.8. The van der Waals surface area contributed by atoms with Crippen molar-refractivity contribution in [3.8, 4) is 0 Å². The maximum Gasteiger partial charge on any atom is 0.247 e. The van der Waals surface area contributed by atoms with Gasteiger partial charge in [0.25, 0.3) is 0 Å². The van der Waals surface area contributed by atoms with Crippen LogP contribution in [0.3, 0.4) is 0 Å². The van der Waals surface area contributed by atoms with Crippen LogP contribution in [0.2, 0.25) is 5.02 Å². The highest BCUT2D eigenvalue weighted by molar-refractivity contribution is 9.10. The number of allylic oxidation sites excluding steroid dienone is 3. The minimum atomic E-state index is 0.0522. The number of aromatic nitrogens is 1. The molecule has 0 saturated carbocycles. The van der Waals surface area contributed by atoms with Gasteiger partial charge in [-0.15, -0.1) is 0 Å². The third kappa shape index (κ3) is 4.84. The number of hydrogen-bond donors (Lipinski definition) is 0. The molecule has 1 atom stereocenters. The summed E-state index contributed by atoms with van der Waals surface area (Å²) in [6, 6.07) is 6.31.